The standard InChI is InChI=1S/C21H17NO5/c23-19(16-9-5-13-27-16)17-18(15-8-4-12-26-15)22(21(25)20(17)24)11-10-14-6-2-1-3-7-14/h1-9,12-13,18,24H,10-11H2/t18-/m1/s1. The molecule has 3 aromatic rings. The summed E-state index contributed by atoms with van der Waals surface area (Å²) in [5.74, 6) is -1.22. The first-order chi connectivity index (χ1) is 13.2. The summed E-state index contributed by atoms with van der Waals surface area (Å²) in [5.41, 5.74) is 1.02. The summed E-state index contributed by atoms with van der Waals surface area (Å²) in [6.45, 7) is 0.327. The average Bonchev–Trinajstić information content (AvgIpc) is 3.43. The Kier molecular flexibility index (Phi) is 4.38. The zero-order valence-corrected chi connectivity index (χ0v) is 14.4. The molecule has 0 aliphatic carbocycles. The van der Waals surface area contributed by atoms with Gasteiger partial charge in [-0.25, -0.2) is 0 Å². The van der Waals surface area contributed by atoms with E-state index in [1.807, 2.05) is 30.3 Å². The van der Waals surface area contributed by atoms with Crippen LogP contribution in [0.5, 0.6) is 0 Å². The zero-order valence-electron chi connectivity index (χ0n) is 14.4. The number of Topliss-reactive ketones (excluding diaryl/α,β-unsaturated/α-hetero) is 1. The Morgan fingerprint density at radius 2 is 1.74 bits per heavy atom. The molecule has 6 heteroatoms. The third kappa shape index (κ3) is 3.06. The van der Waals surface area contributed by atoms with Gasteiger partial charge in [-0.3, -0.25) is 9.59 Å². The van der Waals surface area contributed by atoms with E-state index in [9.17, 15) is 14.7 Å². The SMILES string of the molecule is O=C(C1=C(O)C(=O)N(CCc2ccccc2)[C@@H]1c1ccco1)c1ccco1. The summed E-state index contributed by atoms with van der Waals surface area (Å²) in [5, 5.41) is 10.4. The van der Waals surface area contributed by atoms with Gasteiger partial charge in [-0.05, 0) is 36.2 Å². The third-order valence-electron chi connectivity index (χ3n) is 4.59. The van der Waals surface area contributed by atoms with Crippen LogP contribution in [-0.2, 0) is 11.2 Å². The molecule has 0 saturated heterocycles. The molecule has 27 heavy (non-hydrogen) atoms. The molecule has 1 aliphatic heterocycles. The lowest BCUT2D eigenvalue weighted by atomic mass is 9.99. The number of amides is 1. The minimum atomic E-state index is -0.797. The number of rotatable bonds is 6. The van der Waals surface area contributed by atoms with Crippen LogP contribution >= 0.6 is 0 Å². The number of hydrogen-bond donors (Lipinski definition) is 1. The van der Waals surface area contributed by atoms with Gasteiger partial charge in [0.2, 0.25) is 5.78 Å². The number of aliphatic hydroxyl groups is 1. The smallest absolute Gasteiger partial charge is 0.290 e. The van der Waals surface area contributed by atoms with Gasteiger partial charge in [-0.15, -0.1) is 0 Å². The van der Waals surface area contributed by atoms with E-state index < -0.39 is 23.5 Å². The van der Waals surface area contributed by atoms with Gasteiger partial charge < -0.3 is 18.8 Å². The van der Waals surface area contributed by atoms with Gasteiger partial charge in [0, 0.05) is 6.54 Å². The van der Waals surface area contributed by atoms with Crippen LogP contribution in [0.15, 0.2) is 87.3 Å². The minimum absolute atomic E-state index is 0.0297. The normalized spacial score (nSPS) is 17.0. The molecule has 1 N–H and O–H groups in total. The van der Waals surface area contributed by atoms with Crippen molar-refractivity contribution >= 4 is 11.7 Å². The molecule has 1 aliphatic rings. The molecule has 0 fully saturated rings. The number of furan rings is 2. The van der Waals surface area contributed by atoms with Crippen molar-refractivity contribution in [1.82, 2.24) is 4.90 Å². The molecule has 0 bridgehead atoms. The largest absolute Gasteiger partial charge is 0.503 e. The minimum Gasteiger partial charge on any atom is -0.503 e. The van der Waals surface area contributed by atoms with Crippen molar-refractivity contribution in [1.29, 1.82) is 0 Å². The van der Waals surface area contributed by atoms with E-state index in [4.69, 9.17) is 8.83 Å². The number of carbonyl (C=O) groups excluding carboxylic acids is 2. The second-order valence-corrected chi connectivity index (χ2v) is 6.22. The van der Waals surface area contributed by atoms with Crippen molar-refractivity contribution in [3.8, 4) is 0 Å². The summed E-state index contributed by atoms with van der Waals surface area (Å²) in [6.07, 6.45) is 3.43. The van der Waals surface area contributed by atoms with Crippen LogP contribution in [0.2, 0.25) is 0 Å². The van der Waals surface area contributed by atoms with E-state index in [0.717, 1.165) is 5.56 Å². The Morgan fingerprint density at radius 1 is 1.00 bits per heavy atom. The highest BCUT2D eigenvalue weighted by Crippen LogP contribution is 2.39. The number of nitrogens with zero attached hydrogens (tertiary/aromatic N) is 1. The summed E-state index contributed by atoms with van der Waals surface area (Å²) in [7, 11) is 0. The molecule has 0 unspecified atom stereocenters. The summed E-state index contributed by atoms with van der Waals surface area (Å²) in [4.78, 5) is 27.0. The van der Waals surface area contributed by atoms with E-state index in [2.05, 4.69) is 0 Å². The van der Waals surface area contributed by atoms with Gasteiger partial charge in [0.25, 0.3) is 5.91 Å². The van der Waals surface area contributed by atoms with Crippen LogP contribution < -0.4 is 0 Å². The maximum Gasteiger partial charge on any atom is 0.290 e. The molecule has 1 amide bonds. The van der Waals surface area contributed by atoms with Crippen LogP contribution in [0.25, 0.3) is 0 Å². The van der Waals surface area contributed by atoms with E-state index >= 15 is 0 Å². The lowest BCUT2D eigenvalue weighted by Gasteiger charge is -2.24. The molecular weight excluding hydrogens is 346 g/mol. The highest BCUT2D eigenvalue weighted by molar-refractivity contribution is 6.14. The first-order valence-electron chi connectivity index (χ1n) is 8.56. The first kappa shape index (κ1) is 16.9. The Morgan fingerprint density at radius 3 is 2.41 bits per heavy atom. The highest BCUT2D eigenvalue weighted by atomic mass is 16.3. The van der Waals surface area contributed by atoms with Crippen LogP contribution in [0.3, 0.4) is 0 Å². The van der Waals surface area contributed by atoms with Gasteiger partial charge >= 0.3 is 0 Å². The number of benzene rings is 1. The Balaban J connectivity index is 1.68. The average molecular weight is 363 g/mol. The first-order valence-corrected chi connectivity index (χ1v) is 8.56. The lowest BCUT2D eigenvalue weighted by Crippen LogP contribution is -2.32. The predicted octanol–water partition coefficient (Wildman–Crippen LogP) is 3.69. The van der Waals surface area contributed by atoms with Crippen molar-refractivity contribution in [2.45, 2.75) is 12.5 Å². The van der Waals surface area contributed by atoms with E-state index in [1.54, 1.807) is 18.2 Å². The Bertz CT molecular complexity index is 971. The zero-order chi connectivity index (χ0) is 18.8. The summed E-state index contributed by atoms with van der Waals surface area (Å²) >= 11 is 0. The second kappa shape index (κ2) is 6.99. The Labute approximate surface area is 155 Å². The van der Waals surface area contributed by atoms with E-state index in [0.29, 0.717) is 18.7 Å². The third-order valence-corrected chi connectivity index (χ3v) is 4.59. The van der Waals surface area contributed by atoms with E-state index in [1.165, 1.54) is 23.5 Å². The quantitative estimate of drug-likeness (QED) is 0.675. The lowest BCUT2D eigenvalue weighted by molar-refractivity contribution is -0.129. The van der Waals surface area contributed by atoms with Crippen LogP contribution in [-0.4, -0.2) is 28.2 Å². The molecule has 136 valence electrons. The van der Waals surface area contributed by atoms with Crippen LogP contribution in [0.4, 0.5) is 0 Å². The van der Waals surface area contributed by atoms with Crippen LogP contribution in [0, 0.1) is 0 Å². The van der Waals surface area contributed by atoms with Gasteiger partial charge in [-0.1, -0.05) is 30.3 Å². The van der Waals surface area contributed by atoms with E-state index in [-0.39, 0.29) is 11.3 Å². The number of ketones is 1. The maximum atomic E-state index is 12.9. The number of carbonyl (C=O) groups is 2. The van der Waals surface area contributed by atoms with Crippen molar-refractivity contribution in [2.75, 3.05) is 6.54 Å². The van der Waals surface area contributed by atoms with Gasteiger partial charge in [0.15, 0.2) is 11.5 Å². The van der Waals surface area contributed by atoms with Crippen molar-refractivity contribution < 1.29 is 23.5 Å². The fourth-order valence-corrected chi connectivity index (χ4v) is 3.29. The molecule has 0 saturated carbocycles. The van der Waals surface area contributed by atoms with Gasteiger partial charge in [0.1, 0.15) is 11.8 Å². The highest BCUT2D eigenvalue weighted by Gasteiger charge is 2.45. The number of hydrogen-bond acceptors (Lipinski definition) is 5. The molecule has 1 aromatic carbocycles. The van der Waals surface area contributed by atoms with Crippen molar-refractivity contribution in [2.24, 2.45) is 0 Å². The molecule has 0 radical (unpaired) electrons. The molecule has 1 atom stereocenters. The topological polar surface area (TPSA) is 83.9 Å². The Hall–Kier alpha value is -3.54. The fourth-order valence-electron chi connectivity index (χ4n) is 3.29. The molecule has 6 nitrogen and oxygen atoms in total. The maximum absolute atomic E-state index is 12.9. The predicted molar refractivity (Wildman–Crippen MR) is 96.0 cm³/mol. The molecular formula is C21H17NO5. The summed E-state index contributed by atoms with van der Waals surface area (Å²) < 4.78 is 10.6. The molecule has 4 rings (SSSR count). The van der Waals surface area contributed by atoms with Gasteiger partial charge in [-0.2, -0.15) is 0 Å². The second-order valence-electron chi connectivity index (χ2n) is 6.22. The fraction of sp³-hybridized carbons (Fsp3) is 0.143. The molecule has 3 heterocycles. The van der Waals surface area contributed by atoms with Crippen molar-refractivity contribution in [3.05, 3.63) is 95.5 Å². The van der Waals surface area contributed by atoms with Crippen molar-refractivity contribution in [3.63, 3.8) is 0 Å². The number of aliphatic hydroxyl groups excluding tert-OH is 1. The summed E-state index contributed by atoms with van der Waals surface area (Å²) in [6, 6.07) is 15.3. The molecule has 2 aromatic heterocycles. The van der Waals surface area contributed by atoms with Gasteiger partial charge in [0.05, 0.1) is 18.1 Å². The molecule has 0 spiro atoms. The van der Waals surface area contributed by atoms with Crippen LogP contribution in [0.1, 0.15) is 27.9 Å². The monoisotopic (exact) mass is 363 g/mol.